The van der Waals surface area contributed by atoms with Crippen LogP contribution in [0.4, 0.5) is 18.9 Å². The lowest BCUT2D eigenvalue weighted by atomic mass is 9.98. The molecule has 1 aliphatic heterocycles. The summed E-state index contributed by atoms with van der Waals surface area (Å²) in [6.45, 7) is 3.81. The zero-order chi connectivity index (χ0) is 14.0. The maximum Gasteiger partial charge on any atom is 0.416 e. The molecule has 1 nitrogen and oxygen atoms in total. The zero-order valence-electron chi connectivity index (χ0n) is 10.8. The third kappa shape index (κ3) is 3.35. The van der Waals surface area contributed by atoms with Gasteiger partial charge in [-0.1, -0.05) is 13.0 Å². The first-order valence-electron chi connectivity index (χ1n) is 6.43. The van der Waals surface area contributed by atoms with Crippen LogP contribution in [0, 0.1) is 5.92 Å². The summed E-state index contributed by atoms with van der Waals surface area (Å²) in [5, 5.41) is 0. The van der Waals surface area contributed by atoms with Gasteiger partial charge in [0.1, 0.15) is 0 Å². The Morgan fingerprint density at radius 2 is 1.89 bits per heavy atom. The van der Waals surface area contributed by atoms with Gasteiger partial charge in [0, 0.05) is 24.7 Å². The van der Waals surface area contributed by atoms with Gasteiger partial charge in [0.15, 0.2) is 0 Å². The van der Waals surface area contributed by atoms with Gasteiger partial charge in [0.25, 0.3) is 0 Å². The largest absolute Gasteiger partial charge is 0.416 e. The molecule has 106 valence electrons. The Labute approximate surface area is 116 Å². The van der Waals surface area contributed by atoms with Crippen LogP contribution in [0.2, 0.25) is 0 Å². The Balaban J connectivity index is 2.28. The van der Waals surface area contributed by atoms with E-state index in [9.17, 15) is 13.2 Å². The summed E-state index contributed by atoms with van der Waals surface area (Å²) in [6, 6.07) is 4.46. The highest BCUT2D eigenvalue weighted by Crippen LogP contribution is 2.36. The smallest absolute Gasteiger partial charge is 0.372 e. The van der Waals surface area contributed by atoms with Gasteiger partial charge in [-0.15, -0.1) is 11.6 Å². The second-order valence-electron chi connectivity index (χ2n) is 5.14. The minimum absolute atomic E-state index is 0.119. The van der Waals surface area contributed by atoms with E-state index in [1.807, 2.05) is 4.90 Å². The lowest BCUT2D eigenvalue weighted by Gasteiger charge is -2.32. The molecule has 0 bridgehead atoms. The summed E-state index contributed by atoms with van der Waals surface area (Å²) in [4.78, 5) is 2.02. The van der Waals surface area contributed by atoms with Crippen molar-refractivity contribution in [1.82, 2.24) is 0 Å². The molecule has 1 heterocycles. The topological polar surface area (TPSA) is 3.24 Å². The molecule has 19 heavy (non-hydrogen) atoms. The first-order chi connectivity index (χ1) is 8.91. The molecule has 0 unspecified atom stereocenters. The molecule has 0 saturated carbocycles. The molecule has 5 heteroatoms. The molecule has 1 aliphatic rings. The van der Waals surface area contributed by atoms with Gasteiger partial charge in [-0.05, 0) is 36.5 Å². The predicted octanol–water partition coefficient (Wildman–Crippen LogP) is 4.68. The van der Waals surface area contributed by atoms with E-state index in [-0.39, 0.29) is 11.4 Å². The van der Waals surface area contributed by atoms with Crippen molar-refractivity contribution in [3.05, 3.63) is 29.3 Å². The number of anilines is 1. The normalized spacial score (nSPS) is 17.8. The highest BCUT2D eigenvalue weighted by molar-refractivity contribution is 6.17. The molecule has 0 amide bonds. The first kappa shape index (κ1) is 14.5. The quantitative estimate of drug-likeness (QED) is 0.715. The Hall–Kier alpha value is -0.900. The SMILES string of the molecule is CC1CCN(c2ccc(CCl)c(C(F)(F)F)c2)CC1. The Kier molecular flexibility index (Phi) is 4.29. The average molecular weight is 292 g/mol. The number of alkyl halides is 4. The van der Waals surface area contributed by atoms with E-state index in [1.54, 1.807) is 6.07 Å². The molecule has 1 fully saturated rings. The minimum atomic E-state index is -4.34. The molecule has 0 radical (unpaired) electrons. The van der Waals surface area contributed by atoms with Crippen LogP contribution in [-0.4, -0.2) is 13.1 Å². The van der Waals surface area contributed by atoms with Gasteiger partial charge in [0.05, 0.1) is 5.56 Å². The van der Waals surface area contributed by atoms with Gasteiger partial charge in [0.2, 0.25) is 0 Å². The van der Waals surface area contributed by atoms with Crippen LogP contribution in [-0.2, 0) is 12.1 Å². The molecule has 0 spiro atoms. The molecule has 0 aromatic heterocycles. The highest BCUT2D eigenvalue weighted by atomic mass is 35.5. The molecule has 1 aromatic carbocycles. The molecule has 2 rings (SSSR count). The fraction of sp³-hybridized carbons (Fsp3) is 0.571. The Bertz CT molecular complexity index is 437. The van der Waals surface area contributed by atoms with E-state index >= 15 is 0 Å². The van der Waals surface area contributed by atoms with Gasteiger partial charge in [-0.3, -0.25) is 0 Å². The number of piperidine rings is 1. The molecule has 1 saturated heterocycles. The van der Waals surface area contributed by atoms with Gasteiger partial charge in [-0.2, -0.15) is 13.2 Å². The Morgan fingerprint density at radius 3 is 2.42 bits per heavy atom. The first-order valence-corrected chi connectivity index (χ1v) is 6.96. The van der Waals surface area contributed by atoms with E-state index in [0.29, 0.717) is 11.6 Å². The fourth-order valence-corrected chi connectivity index (χ4v) is 2.64. The maximum absolute atomic E-state index is 13.0. The summed E-state index contributed by atoms with van der Waals surface area (Å²) in [7, 11) is 0. The van der Waals surface area contributed by atoms with Crippen molar-refractivity contribution in [2.24, 2.45) is 5.92 Å². The summed E-state index contributed by atoms with van der Waals surface area (Å²) < 4.78 is 38.9. The van der Waals surface area contributed by atoms with Crippen LogP contribution in [0.5, 0.6) is 0 Å². The van der Waals surface area contributed by atoms with E-state index in [4.69, 9.17) is 11.6 Å². The number of rotatable bonds is 2. The van der Waals surface area contributed by atoms with Crippen LogP contribution in [0.1, 0.15) is 30.9 Å². The van der Waals surface area contributed by atoms with Crippen molar-refractivity contribution in [2.45, 2.75) is 31.8 Å². The minimum Gasteiger partial charge on any atom is -0.372 e. The van der Waals surface area contributed by atoms with Crippen LogP contribution in [0.25, 0.3) is 0 Å². The Morgan fingerprint density at radius 1 is 1.26 bits per heavy atom. The molecule has 0 atom stereocenters. The third-order valence-electron chi connectivity index (χ3n) is 3.69. The summed E-state index contributed by atoms with van der Waals surface area (Å²) in [5.41, 5.74) is 0.176. The van der Waals surface area contributed by atoms with E-state index in [0.717, 1.165) is 25.9 Å². The van der Waals surface area contributed by atoms with E-state index in [1.165, 1.54) is 12.1 Å². The number of benzene rings is 1. The van der Waals surface area contributed by atoms with Crippen molar-refractivity contribution in [2.75, 3.05) is 18.0 Å². The maximum atomic E-state index is 13.0. The summed E-state index contributed by atoms with van der Waals surface area (Å²) in [6.07, 6.45) is -2.29. The zero-order valence-corrected chi connectivity index (χ0v) is 11.6. The van der Waals surface area contributed by atoms with Gasteiger partial charge in [-0.25, -0.2) is 0 Å². The van der Waals surface area contributed by atoms with Crippen molar-refractivity contribution >= 4 is 17.3 Å². The second-order valence-corrected chi connectivity index (χ2v) is 5.41. The third-order valence-corrected chi connectivity index (χ3v) is 3.98. The fourth-order valence-electron chi connectivity index (χ4n) is 2.41. The molecule has 0 aliphatic carbocycles. The van der Waals surface area contributed by atoms with Gasteiger partial charge >= 0.3 is 6.18 Å². The lowest BCUT2D eigenvalue weighted by Crippen LogP contribution is -2.33. The number of halogens is 4. The van der Waals surface area contributed by atoms with Crippen LogP contribution < -0.4 is 4.90 Å². The lowest BCUT2D eigenvalue weighted by molar-refractivity contribution is -0.138. The van der Waals surface area contributed by atoms with Crippen molar-refractivity contribution < 1.29 is 13.2 Å². The number of hydrogen-bond acceptors (Lipinski definition) is 1. The molecule has 1 aromatic rings. The van der Waals surface area contributed by atoms with Crippen molar-refractivity contribution in [3.63, 3.8) is 0 Å². The van der Waals surface area contributed by atoms with E-state index in [2.05, 4.69) is 6.92 Å². The number of hydrogen-bond donors (Lipinski definition) is 0. The average Bonchev–Trinajstić information content (AvgIpc) is 2.38. The van der Waals surface area contributed by atoms with Crippen molar-refractivity contribution in [3.8, 4) is 0 Å². The summed E-state index contributed by atoms with van der Waals surface area (Å²) >= 11 is 5.58. The summed E-state index contributed by atoms with van der Waals surface area (Å²) in [5.74, 6) is 0.534. The van der Waals surface area contributed by atoms with E-state index < -0.39 is 11.7 Å². The molecular formula is C14H17ClF3N. The molecular weight excluding hydrogens is 275 g/mol. The van der Waals surface area contributed by atoms with Crippen molar-refractivity contribution in [1.29, 1.82) is 0 Å². The monoisotopic (exact) mass is 291 g/mol. The molecule has 0 N–H and O–H groups in total. The van der Waals surface area contributed by atoms with Gasteiger partial charge < -0.3 is 4.90 Å². The highest BCUT2D eigenvalue weighted by Gasteiger charge is 2.33. The van der Waals surface area contributed by atoms with Crippen LogP contribution in [0.15, 0.2) is 18.2 Å². The predicted molar refractivity (Wildman–Crippen MR) is 71.6 cm³/mol. The van der Waals surface area contributed by atoms with Crippen LogP contribution in [0.3, 0.4) is 0 Å². The standard InChI is InChI=1S/C14H17ClF3N/c1-10-4-6-19(7-5-10)12-3-2-11(9-15)13(8-12)14(16,17)18/h2-3,8,10H,4-7,9H2,1H3. The second kappa shape index (κ2) is 5.61. The number of nitrogens with zero attached hydrogens (tertiary/aromatic N) is 1. The van der Waals surface area contributed by atoms with Crippen LogP contribution >= 0.6 is 11.6 Å².